The molecule has 0 bridgehead atoms. The molecule has 3 aromatic rings. The van der Waals surface area contributed by atoms with Gasteiger partial charge in [0.05, 0.1) is 42.7 Å². The number of nitriles is 1. The summed E-state index contributed by atoms with van der Waals surface area (Å²) in [7, 11) is 1.92. The Hall–Kier alpha value is -7.72. The fraction of sp³-hybridized carbons (Fsp3) is 0.333. The molecule has 67 heavy (non-hydrogen) atoms. The number of amides is 4. The summed E-state index contributed by atoms with van der Waals surface area (Å²) in [6, 6.07) is 16.0. The van der Waals surface area contributed by atoms with Crippen LogP contribution in [0.4, 0.5) is 14.5 Å². The highest BCUT2D eigenvalue weighted by Gasteiger charge is 2.47. The number of likely N-dealkylation sites (tertiary alicyclic amines) is 1. The largest absolute Gasteiger partial charge is 0.508 e. The lowest BCUT2D eigenvalue weighted by molar-refractivity contribution is -0.139. The smallest absolute Gasteiger partial charge is 0.311 e. The topological polar surface area (TPSA) is 230 Å². The third kappa shape index (κ3) is 9.94. The first kappa shape index (κ1) is 45.8. The number of fused-ring (bicyclic) bond motifs is 3. The number of benzene rings is 3. The Kier molecular flexibility index (Phi) is 13.0. The molecule has 5 aliphatic rings. The molecule has 2 aromatic carbocycles. The molecule has 8 rings (SSSR count). The summed E-state index contributed by atoms with van der Waals surface area (Å²) in [5.41, 5.74) is 2.92. The molecule has 4 heterocycles. The van der Waals surface area contributed by atoms with Gasteiger partial charge in [0.1, 0.15) is 23.1 Å². The van der Waals surface area contributed by atoms with Gasteiger partial charge in [-0.1, -0.05) is 6.08 Å². The van der Waals surface area contributed by atoms with Crippen LogP contribution in [-0.2, 0) is 19.2 Å². The minimum atomic E-state index is -3.17. The number of rotatable bonds is 13. The van der Waals surface area contributed by atoms with E-state index in [0.29, 0.717) is 65.7 Å². The fourth-order valence-electron chi connectivity index (χ4n) is 8.88. The molecule has 1 aromatic heterocycles. The van der Waals surface area contributed by atoms with Gasteiger partial charge in [0.15, 0.2) is 5.43 Å². The van der Waals surface area contributed by atoms with Crippen LogP contribution in [0.5, 0.6) is 5.75 Å². The maximum absolute atomic E-state index is 13.9. The first-order chi connectivity index (χ1) is 32.1. The van der Waals surface area contributed by atoms with E-state index in [4.69, 9.17) is 4.42 Å². The number of aliphatic carboxylic acids is 1. The van der Waals surface area contributed by atoms with Crippen molar-refractivity contribution in [1.82, 2.24) is 30.3 Å². The minimum Gasteiger partial charge on any atom is -0.508 e. The van der Waals surface area contributed by atoms with Crippen LogP contribution >= 0.6 is 0 Å². The second-order valence-electron chi connectivity index (χ2n) is 16.9. The van der Waals surface area contributed by atoms with E-state index in [1.165, 1.54) is 48.7 Å². The summed E-state index contributed by atoms with van der Waals surface area (Å²) in [6.45, 7) is 1.86. The van der Waals surface area contributed by atoms with Crippen molar-refractivity contribution < 1.29 is 47.4 Å². The average Bonchev–Trinajstić information content (AvgIpc) is 3.65. The lowest BCUT2D eigenvalue weighted by Gasteiger charge is -2.35. The van der Waals surface area contributed by atoms with Crippen LogP contribution < -0.4 is 21.0 Å². The highest BCUT2D eigenvalue weighted by molar-refractivity contribution is 6.09. The summed E-state index contributed by atoms with van der Waals surface area (Å²) < 4.78 is 33.7. The molecule has 4 amide bonds. The van der Waals surface area contributed by atoms with Crippen LogP contribution in [0.3, 0.4) is 0 Å². The number of hydrogen-bond donors (Lipinski definition) is 4. The highest BCUT2D eigenvalue weighted by atomic mass is 19.3. The van der Waals surface area contributed by atoms with Gasteiger partial charge in [0, 0.05) is 97.7 Å². The van der Waals surface area contributed by atoms with Crippen LogP contribution in [-0.4, -0.2) is 137 Å². The Labute approximate surface area is 381 Å². The van der Waals surface area contributed by atoms with E-state index in [-0.39, 0.29) is 52.5 Å². The number of aromatic nitrogens is 1. The van der Waals surface area contributed by atoms with Gasteiger partial charge >= 0.3 is 5.97 Å². The van der Waals surface area contributed by atoms with Gasteiger partial charge in [-0.2, -0.15) is 5.26 Å². The number of carboxylic acids is 1. The third-order valence-electron chi connectivity index (χ3n) is 12.4. The van der Waals surface area contributed by atoms with Gasteiger partial charge in [-0.25, -0.2) is 8.78 Å². The van der Waals surface area contributed by atoms with Crippen LogP contribution in [0.25, 0.3) is 38.8 Å². The Morgan fingerprint density at radius 2 is 1.72 bits per heavy atom. The number of allylic oxidation sites excluding steroid dienone is 1. The number of pyridine rings is 1. The number of nitrogens with zero attached hydrogens (tertiary/aromatic N) is 6. The normalized spacial score (nSPS) is 18.3. The first-order valence-electron chi connectivity index (χ1n) is 21.7. The molecule has 0 saturated carbocycles. The molecule has 0 radical (unpaired) electrons. The van der Waals surface area contributed by atoms with Gasteiger partial charge in [-0.3, -0.25) is 38.7 Å². The molecule has 346 valence electrons. The standard InChI is InChI=1S/C48H46F2N8O9/c1-55(29-4-10-39-37(20-29)33(11-12-52-39)46(64)54-26-43(62)58-27-48(49,50)23-30(58)24-51)13-2-14-56-15-17-57(18-16-56)42(61)25-53-45(63)28-3-7-34(47(65)66)38(19-28)44-35-8-5-31(59)21-40(35)67-41-22-32(60)6-9-36(41)44/h3-6,8-12,19-22,30,34,59H,2,7,13-18,23,25-27H2,1H3,(H,53,63)(H,54,64)(H,65,66). The molecular weight excluding hydrogens is 871 g/mol. The summed E-state index contributed by atoms with van der Waals surface area (Å²) in [4.78, 5) is 88.6. The number of phenols is 1. The molecular formula is C48H46F2N8O9. The maximum Gasteiger partial charge on any atom is 0.311 e. The van der Waals surface area contributed by atoms with E-state index < -0.39 is 61.1 Å². The third-order valence-corrected chi connectivity index (χ3v) is 12.4. The zero-order valence-electron chi connectivity index (χ0n) is 36.3. The van der Waals surface area contributed by atoms with E-state index in [2.05, 4.69) is 20.5 Å². The van der Waals surface area contributed by atoms with Gasteiger partial charge in [-0.15, -0.1) is 0 Å². The number of carbonyl (C=O) groups excluding carboxylic acids is 4. The van der Waals surface area contributed by atoms with Gasteiger partial charge in [0.25, 0.3) is 17.7 Å². The van der Waals surface area contributed by atoms with Crippen molar-refractivity contribution in [3.05, 3.63) is 106 Å². The molecule has 2 aliphatic carbocycles. The van der Waals surface area contributed by atoms with Crippen molar-refractivity contribution in [2.75, 3.05) is 70.9 Å². The molecule has 3 aliphatic heterocycles. The number of phenolic OH excluding ortho intramolecular Hbond substituents is 1. The van der Waals surface area contributed by atoms with Crippen molar-refractivity contribution in [3.8, 4) is 23.1 Å². The zero-order valence-corrected chi connectivity index (χ0v) is 36.3. The maximum atomic E-state index is 13.9. The van der Waals surface area contributed by atoms with Gasteiger partial charge in [0.2, 0.25) is 11.8 Å². The monoisotopic (exact) mass is 916 g/mol. The summed E-state index contributed by atoms with van der Waals surface area (Å²) in [5, 5.41) is 35.8. The SMILES string of the molecule is CN(CCCN1CCN(C(=O)CNC(=O)C2=CCC(C(=O)O)C(c3c4ccc(=O)cc-4oc4cc(O)ccc34)=C2)CC1)c1ccc2nccc(C(=O)NCC(=O)N3CC(F)(F)CC3C#N)c2c1. The molecule has 2 unspecified atom stereocenters. The molecule has 2 fully saturated rings. The van der Waals surface area contributed by atoms with Crippen molar-refractivity contribution in [2.45, 2.75) is 31.2 Å². The number of aromatic hydroxyl groups is 1. The molecule has 4 N–H and O–H groups in total. The lowest BCUT2D eigenvalue weighted by Crippen LogP contribution is -2.51. The highest BCUT2D eigenvalue weighted by Crippen LogP contribution is 2.43. The van der Waals surface area contributed by atoms with Crippen molar-refractivity contribution in [2.24, 2.45) is 5.92 Å². The average molecular weight is 917 g/mol. The number of anilines is 1. The van der Waals surface area contributed by atoms with E-state index in [1.807, 2.05) is 24.1 Å². The van der Waals surface area contributed by atoms with Crippen LogP contribution in [0.2, 0.25) is 0 Å². The number of hydrogen-bond acceptors (Lipinski definition) is 12. The fourth-order valence-corrected chi connectivity index (χ4v) is 8.88. The lowest BCUT2D eigenvalue weighted by atomic mass is 9.80. The number of carboxylic acid groups (broad SMARTS) is 1. The summed E-state index contributed by atoms with van der Waals surface area (Å²) >= 11 is 0. The van der Waals surface area contributed by atoms with E-state index >= 15 is 0 Å². The second-order valence-corrected chi connectivity index (χ2v) is 16.9. The predicted molar refractivity (Wildman–Crippen MR) is 241 cm³/mol. The Balaban J connectivity index is 0.825. The molecule has 17 nitrogen and oxygen atoms in total. The number of nitrogens with one attached hydrogen (secondary N) is 2. The van der Waals surface area contributed by atoms with Crippen molar-refractivity contribution in [1.29, 1.82) is 5.26 Å². The van der Waals surface area contributed by atoms with Crippen LogP contribution in [0.1, 0.15) is 35.2 Å². The molecule has 19 heteroatoms. The van der Waals surface area contributed by atoms with E-state index in [1.54, 1.807) is 29.2 Å². The Morgan fingerprint density at radius 1 is 0.955 bits per heavy atom. The van der Waals surface area contributed by atoms with Crippen LogP contribution in [0.15, 0.2) is 93.8 Å². The summed E-state index contributed by atoms with van der Waals surface area (Å²) in [6.07, 6.45) is 4.51. The van der Waals surface area contributed by atoms with Crippen molar-refractivity contribution in [3.63, 3.8) is 0 Å². The van der Waals surface area contributed by atoms with Crippen molar-refractivity contribution >= 4 is 62.7 Å². The Bertz CT molecular complexity index is 2940. The molecule has 0 spiro atoms. The number of carbonyl (C=O) groups is 5. The van der Waals surface area contributed by atoms with E-state index in [9.17, 15) is 53.0 Å². The molecule has 2 saturated heterocycles. The quantitative estimate of drug-likeness (QED) is 0.123. The summed E-state index contributed by atoms with van der Waals surface area (Å²) in [5.74, 6) is -7.39. The van der Waals surface area contributed by atoms with Crippen LogP contribution in [0, 0.1) is 17.2 Å². The van der Waals surface area contributed by atoms with E-state index in [0.717, 1.165) is 23.6 Å². The minimum absolute atomic E-state index is 0.00606. The number of halogens is 2. The first-order valence-corrected chi connectivity index (χ1v) is 21.7. The number of alkyl halides is 2. The van der Waals surface area contributed by atoms with Gasteiger partial charge < -0.3 is 40.0 Å². The number of piperazine rings is 1. The molecule has 2 atom stereocenters. The zero-order chi connectivity index (χ0) is 47.6. The van der Waals surface area contributed by atoms with Gasteiger partial charge in [-0.05, 0) is 79.6 Å². The predicted octanol–water partition coefficient (Wildman–Crippen LogP) is 3.84. The second kappa shape index (κ2) is 19.0. The Morgan fingerprint density at radius 3 is 2.48 bits per heavy atom.